The van der Waals surface area contributed by atoms with E-state index in [1.165, 1.54) is 6.07 Å². The topological polar surface area (TPSA) is 65.7 Å². The van der Waals surface area contributed by atoms with E-state index >= 15 is 0 Å². The average Bonchev–Trinajstić information content (AvgIpc) is 1.85. The van der Waals surface area contributed by atoms with Gasteiger partial charge in [0.05, 0.1) is 0 Å². The van der Waals surface area contributed by atoms with Crippen LogP contribution in [0.5, 0.6) is 0 Å². The van der Waals surface area contributed by atoms with Gasteiger partial charge in [-0.25, -0.2) is 4.79 Å². The van der Waals surface area contributed by atoms with E-state index in [0.29, 0.717) is 5.69 Å². The highest BCUT2D eigenvalue weighted by Crippen LogP contribution is 1.90. The molecule has 4 heteroatoms. The van der Waals surface area contributed by atoms with Crippen molar-refractivity contribution in [3.05, 3.63) is 32.6 Å². The van der Waals surface area contributed by atoms with E-state index in [-0.39, 0.29) is 5.56 Å². The zero-order chi connectivity index (χ0) is 8.27. The quantitative estimate of drug-likeness (QED) is 0.630. The van der Waals surface area contributed by atoms with Gasteiger partial charge in [-0.2, -0.15) is 0 Å². The van der Waals surface area contributed by atoms with E-state index in [0.717, 1.165) is 12.8 Å². The van der Waals surface area contributed by atoms with Crippen molar-refractivity contribution in [1.82, 2.24) is 9.97 Å². The van der Waals surface area contributed by atoms with Gasteiger partial charge < -0.3 is 4.98 Å². The van der Waals surface area contributed by atoms with Gasteiger partial charge in [0.15, 0.2) is 0 Å². The first-order valence-corrected chi connectivity index (χ1v) is 3.55. The third-order valence-electron chi connectivity index (χ3n) is 1.34. The van der Waals surface area contributed by atoms with Gasteiger partial charge in [-0.05, 0) is 6.42 Å². The van der Waals surface area contributed by atoms with Crippen LogP contribution < -0.4 is 11.2 Å². The lowest BCUT2D eigenvalue weighted by Crippen LogP contribution is -2.22. The predicted octanol–water partition coefficient (Wildman–Crippen LogP) is 0.0157. The van der Waals surface area contributed by atoms with Crippen LogP contribution in [0.2, 0.25) is 0 Å². The smallest absolute Gasteiger partial charge is 0.311 e. The molecule has 0 unspecified atom stereocenters. The van der Waals surface area contributed by atoms with Crippen LogP contribution in [0.4, 0.5) is 0 Å². The minimum Gasteiger partial charge on any atom is -0.311 e. The molecule has 0 spiro atoms. The Morgan fingerprint density at radius 2 is 2.09 bits per heavy atom. The molecule has 2 N–H and O–H groups in total. The number of aryl methyl sites for hydroxylation is 1. The third-order valence-corrected chi connectivity index (χ3v) is 1.34. The molecule has 0 aliphatic heterocycles. The molecule has 0 amide bonds. The second-order valence-electron chi connectivity index (χ2n) is 2.36. The lowest BCUT2D eigenvalue weighted by molar-refractivity contribution is 0.850. The molecule has 11 heavy (non-hydrogen) atoms. The SMILES string of the molecule is CCCc1cc(=O)[nH]c(=O)[nH]1. The van der Waals surface area contributed by atoms with Crippen LogP contribution in [0.1, 0.15) is 19.0 Å². The standard InChI is InChI=1S/C7H10N2O2/c1-2-3-5-4-6(10)9-7(11)8-5/h4H,2-3H2,1H3,(H2,8,9,10,11). The summed E-state index contributed by atoms with van der Waals surface area (Å²) < 4.78 is 0. The van der Waals surface area contributed by atoms with E-state index in [4.69, 9.17) is 0 Å². The molecule has 0 bridgehead atoms. The number of H-pyrrole nitrogens is 2. The number of nitrogens with one attached hydrogen (secondary N) is 2. The minimum absolute atomic E-state index is 0.336. The second-order valence-corrected chi connectivity index (χ2v) is 2.36. The monoisotopic (exact) mass is 154 g/mol. The normalized spacial score (nSPS) is 9.91. The van der Waals surface area contributed by atoms with Crippen LogP contribution in [-0.2, 0) is 6.42 Å². The van der Waals surface area contributed by atoms with E-state index in [1.807, 2.05) is 6.92 Å². The first kappa shape index (κ1) is 7.78. The van der Waals surface area contributed by atoms with Gasteiger partial charge in [0.2, 0.25) is 0 Å². The Hall–Kier alpha value is -1.32. The van der Waals surface area contributed by atoms with Crippen LogP contribution in [-0.4, -0.2) is 9.97 Å². The van der Waals surface area contributed by atoms with Crippen molar-refractivity contribution in [2.75, 3.05) is 0 Å². The summed E-state index contributed by atoms with van der Waals surface area (Å²) >= 11 is 0. The van der Waals surface area contributed by atoms with Crippen LogP contribution in [0.15, 0.2) is 15.7 Å². The van der Waals surface area contributed by atoms with E-state index in [2.05, 4.69) is 9.97 Å². The molecule has 0 atom stereocenters. The Balaban J connectivity index is 3.09. The Morgan fingerprint density at radius 1 is 1.36 bits per heavy atom. The van der Waals surface area contributed by atoms with Crippen molar-refractivity contribution in [2.45, 2.75) is 19.8 Å². The Kier molecular flexibility index (Phi) is 2.25. The lowest BCUT2D eigenvalue weighted by Gasteiger charge is -1.94. The minimum atomic E-state index is -0.430. The summed E-state index contributed by atoms with van der Waals surface area (Å²) in [7, 11) is 0. The summed E-state index contributed by atoms with van der Waals surface area (Å²) in [6.45, 7) is 1.99. The maximum absolute atomic E-state index is 10.7. The number of aromatic nitrogens is 2. The molecular weight excluding hydrogens is 144 g/mol. The van der Waals surface area contributed by atoms with Crippen LogP contribution >= 0.6 is 0 Å². The van der Waals surface area contributed by atoms with Gasteiger partial charge in [-0.15, -0.1) is 0 Å². The van der Waals surface area contributed by atoms with Gasteiger partial charge in [0, 0.05) is 11.8 Å². The largest absolute Gasteiger partial charge is 0.325 e. The van der Waals surface area contributed by atoms with Crippen molar-refractivity contribution in [1.29, 1.82) is 0 Å². The summed E-state index contributed by atoms with van der Waals surface area (Å²) in [5, 5.41) is 0. The Bertz CT molecular complexity index is 309. The highest BCUT2D eigenvalue weighted by molar-refractivity contribution is 4.97. The van der Waals surface area contributed by atoms with E-state index in [1.54, 1.807) is 0 Å². The fraction of sp³-hybridized carbons (Fsp3) is 0.429. The van der Waals surface area contributed by atoms with Gasteiger partial charge in [-0.1, -0.05) is 13.3 Å². The highest BCUT2D eigenvalue weighted by Gasteiger charge is 1.93. The summed E-state index contributed by atoms with van der Waals surface area (Å²) in [5.41, 5.74) is -0.0700. The van der Waals surface area contributed by atoms with Crippen molar-refractivity contribution in [2.24, 2.45) is 0 Å². The molecule has 0 saturated heterocycles. The van der Waals surface area contributed by atoms with E-state index < -0.39 is 5.69 Å². The third kappa shape index (κ3) is 2.07. The maximum atomic E-state index is 10.7. The van der Waals surface area contributed by atoms with Crippen molar-refractivity contribution >= 4 is 0 Å². The predicted molar refractivity (Wildman–Crippen MR) is 41.7 cm³/mol. The molecule has 0 aromatic carbocycles. The van der Waals surface area contributed by atoms with Crippen LogP contribution in [0.3, 0.4) is 0 Å². The fourth-order valence-corrected chi connectivity index (χ4v) is 0.923. The molecule has 1 rings (SSSR count). The van der Waals surface area contributed by atoms with Crippen LogP contribution in [0.25, 0.3) is 0 Å². The molecule has 1 aromatic heterocycles. The van der Waals surface area contributed by atoms with E-state index in [9.17, 15) is 9.59 Å². The lowest BCUT2D eigenvalue weighted by atomic mass is 10.2. The summed E-state index contributed by atoms with van der Waals surface area (Å²) in [5.74, 6) is 0. The van der Waals surface area contributed by atoms with Gasteiger partial charge in [-0.3, -0.25) is 9.78 Å². The van der Waals surface area contributed by atoms with Crippen LogP contribution in [0, 0.1) is 0 Å². The molecule has 1 heterocycles. The van der Waals surface area contributed by atoms with Crippen molar-refractivity contribution < 1.29 is 0 Å². The van der Waals surface area contributed by atoms with Gasteiger partial charge in [0.1, 0.15) is 0 Å². The molecule has 1 aromatic rings. The summed E-state index contributed by atoms with van der Waals surface area (Å²) in [6.07, 6.45) is 1.65. The highest BCUT2D eigenvalue weighted by atomic mass is 16.2. The number of hydrogen-bond donors (Lipinski definition) is 2. The molecule has 0 radical (unpaired) electrons. The number of rotatable bonds is 2. The zero-order valence-corrected chi connectivity index (χ0v) is 6.31. The molecule has 60 valence electrons. The average molecular weight is 154 g/mol. The molecule has 0 fully saturated rings. The molecule has 0 saturated carbocycles. The molecule has 4 nitrogen and oxygen atoms in total. The molecule has 0 aliphatic rings. The number of aromatic amines is 2. The zero-order valence-electron chi connectivity index (χ0n) is 6.31. The first-order chi connectivity index (χ1) is 5.22. The maximum Gasteiger partial charge on any atom is 0.325 e. The Morgan fingerprint density at radius 3 is 2.64 bits per heavy atom. The Labute approximate surface area is 63.3 Å². The van der Waals surface area contributed by atoms with Gasteiger partial charge in [0.25, 0.3) is 5.56 Å². The van der Waals surface area contributed by atoms with Gasteiger partial charge >= 0.3 is 5.69 Å². The second kappa shape index (κ2) is 3.18. The number of hydrogen-bond acceptors (Lipinski definition) is 2. The molecule has 0 aliphatic carbocycles. The molecular formula is C7H10N2O2. The summed E-state index contributed by atoms with van der Waals surface area (Å²) in [4.78, 5) is 26.0. The first-order valence-electron chi connectivity index (χ1n) is 3.55. The van der Waals surface area contributed by atoms with Crippen molar-refractivity contribution in [3.8, 4) is 0 Å². The fourth-order valence-electron chi connectivity index (χ4n) is 0.923. The van der Waals surface area contributed by atoms with Crippen molar-refractivity contribution in [3.63, 3.8) is 0 Å². The summed E-state index contributed by atoms with van der Waals surface area (Å²) in [6, 6.07) is 1.41.